The normalized spacial score (nSPS) is 8.22. The molecule has 0 unspecified atom stereocenters. The molecule has 0 bridgehead atoms. The topological polar surface area (TPSA) is 0 Å². The molecule has 0 aliphatic rings. The van der Waals surface area contributed by atoms with E-state index in [0.717, 1.165) is 0 Å². The van der Waals surface area contributed by atoms with Gasteiger partial charge in [0.05, 0.1) is 0 Å². The SMILES string of the molecule is Cc1ccccc1C.[V+2]. The molecule has 0 aliphatic heterocycles. The van der Waals surface area contributed by atoms with Crippen molar-refractivity contribution in [3.05, 3.63) is 35.4 Å². The minimum Gasteiger partial charge on any atom is -0.0620 e. The van der Waals surface area contributed by atoms with Crippen molar-refractivity contribution in [2.24, 2.45) is 0 Å². The molecule has 0 spiro atoms. The molecule has 1 heteroatoms. The molecule has 1 rings (SSSR count). The van der Waals surface area contributed by atoms with E-state index < -0.39 is 0 Å². The van der Waals surface area contributed by atoms with E-state index in [1.165, 1.54) is 11.1 Å². The van der Waals surface area contributed by atoms with Crippen molar-refractivity contribution < 1.29 is 18.6 Å². The second kappa shape index (κ2) is 3.76. The van der Waals surface area contributed by atoms with Crippen molar-refractivity contribution in [2.75, 3.05) is 0 Å². The van der Waals surface area contributed by atoms with Gasteiger partial charge in [-0.2, -0.15) is 0 Å². The Morgan fingerprint density at radius 1 is 0.889 bits per heavy atom. The third-order valence-electron chi connectivity index (χ3n) is 1.43. The molecule has 9 heavy (non-hydrogen) atoms. The van der Waals surface area contributed by atoms with E-state index in [1.54, 1.807) is 0 Å². The summed E-state index contributed by atoms with van der Waals surface area (Å²) in [6.45, 7) is 4.24. The summed E-state index contributed by atoms with van der Waals surface area (Å²) in [6, 6.07) is 8.36. The molecule has 1 radical (unpaired) electrons. The van der Waals surface area contributed by atoms with Crippen LogP contribution < -0.4 is 0 Å². The van der Waals surface area contributed by atoms with Crippen molar-refractivity contribution in [1.82, 2.24) is 0 Å². The molecular formula is C8H10V+2. The van der Waals surface area contributed by atoms with Gasteiger partial charge in [-0.15, -0.1) is 0 Å². The van der Waals surface area contributed by atoms with Crippen LogP contribution in [0.5, 0.6) is 0 Å². The van der Waals surface area contributed by atoms with Crippen molar-refractivity contribution in [3.8, 4) is 0 Å². The van der Waals surface area contributed by atoms with E-state index in [0.29, 0.717) is 0 Å². The Labute approximate surface area is 68.2 Å². The maximum atomic E-state index is 2.12. The second-order valence-electron chi connectivity index (χ2n) is 2.08. The average Bonchev–Trinajstić information content (AvgIpc) is 1.77. The van der Waals surface area contributed by atoms with Crippen LogP contribution in [0, 0.1) is 13.8 Å². The van der Waals surface area contributed by atoms with E-state index in [-0.39, 0.29) is 18.6 Å². The summed E-state index contributed by atoms with van der Waals surface area (Å²) in [6.07, 6.45) is 0. The van der Waals surface area contributed by atoms with Crippen LogP contribution in [0.3, 0.4) is 0 Å². The summed E-state index contributed by atoms with van der Waals surface area (Å²) >= 11 is 0. The van der Waals surface area contributed by atoms with Gasteiger partial charge in [-0.3, -0.25) is 0 Å². The van der Waals surface area contributed by atoms with Crippen LogP contribution in [0.4, 0.5) is 0 Å². The summed E-state index contributed by atoms with van der Waals surface area (Å²) < 4.78 is 0. The quantitative estimate of drug-likeness (QED) is 0.542. The Morgan fingerprint density at radius 3 is 1.44 bits per heavy atom. The smallest absolute Gasteiger partial charge is 0.0620 e. The number of rotatable bonds is 0. The van der Waals surface area contributed by atoms with E-state index in [4.69, 9.17) is 0 Å². The average molecular weight is 157 g/mol. The van der Waals surface area contributed by atoms with Crippen LogP contribution in [0.1, 0.15) is 11.1 Å². The Bertz CT molecular complexity index is 161. The van der Waals surface area contributed by atoms with E-state index in [1.807, 2.05) is 0 Å². The molecule has 0 aromatic heterocycles. The molecule has 1 aromatic rings. The molecule has 0 saturated heterocycles. The fourth-order valence-electron chi connectivity index (χ4n) is 0.663. The first-order chi connectivity index (χ1) is 3.80. The zero-order chi connectivity index (χ0) is 5.98. The van der Waals surface area contributed by atoms with Gasteiger partial charge >= 0.3 is 18.6 Å². The summed E-state index contributed by atoms with van der Waals surface area (Å²) in [5.41, 5.74) is 2.74. The van der Waals surface area contributed by atoms with Crippen molar-refractivity contribution in [3.63, 3.8) is 0 Å². The third kappa shape index (κ3) is 2.25. The summed E-state index contributed by atoms with van der Waals surface area (Å²) in [5, 5.41) is 0. The molecule has 0 heterocycles. The number of benzene rings is 1. The van der Waals surface area contributed by atoms with Crippen LogP contribution in [0.15, 0.2) is 24.3 Å². The molecule has 0 fully saturated rings. The summed E-state index contributed by atoms with van der Waals surface area (Å²) in [7, 11) is 0. The molecule has 0 aliphatic carbocycles. The fraction of sp³-hybridized carbons (Fsp3) is 0.250. The number of aryl methyl sites for hydroxylation is 2. The summed E-state index contributed by atoms with van der Waals surface area (Å²) in [4.78, 5) is 0. The van der Waals surface area contributed by atoms with Gasteiger partial charge < -0.3 is 0 Å². The largest absolute Gasteiger partial charge is 2.00 e. The molecule has 1 aromatic carbocycles. The van der Waals surface area contributed by atoms with Crippen LogP contribution in [0.2, 0.25) is 0 Å². The number of hydrogen-bond acceptors (Lipinski definition) is 0. The molecule has 45 valence electrons. The first-order valence-corrected chi connectivity index (χ1v) is 2.83. The Hall–Kier alpha value is -0.196. The Kier molecular flexibility index (Phi) is 3.68. The van der Waals surface area contributed by atoms with Gasteiger partial charge in [-0.1, -0.05) is 24.3 Å². The van der Waals surface area contributed by atoms with Crippen molar-refractivity contribution >= 4 is 0 Å². The molecule has 0 N–H and O–H groups in total. The molecule has 0 atom stereocenters. The van der Waals surface area contributed by atoms with Gasteiger partial charge in [0, 0.05) is 0 Å². The van der Waals surface area contributed by atoms with E-state index in [2.05, 4.69) is 38.1 Å². The van der Waals surface area contributed by atoms with E-state index in [9.17, 15) is 0 Å². The first kappa shape index (κ1) is 8.80. The maximum absolute atomic E-state index is 2.12. The van der Waals surface area contributed by atoms with Crippen LogP contribution in [-0.2, 0) is 18.6 Å². The van der Waals surface area contributed by atoms with Gasteiger partial charge in [0.25, 0.3) is 0 Å². The number of hydrogen-bond donors (Lipinski definition) is 0. The van der Waals surface area contributed by atoms with Gasteiger partial charge in [0.15, 0.2) is 0 Å². The van der Waals surface area contributed by atoms with Crippen molar-refractivity contribution in [2.45, 2.75) is 13.8 Å². The zero-order valence-corrected chi connectivity index (χ0v) is 7.15. The monoisotopic (exact) mass is 157 g/mol. The first-order valence-electron chi connectivity index (χ1n) is 2.83. The molecule has 0 amide bonds. The van der Waals surface area contributed by atoms with Gasteiger partial charge in [0.1, 0.15) is 0 Å². The second-order valence-corrected chi connectivity index (χ2v) is 2.08. The van der Waals surface area contributed by atoms with Gasteiger partial charge in [0.2, 0.25) is 0 Å². The minimum atomic E-state index is 0. The van der Waals surface area contributed by atoms with Gasteiger partial charge in [-0.25, -0.2) is 0 Å². The maximum Gasteiger partial charge on any atom is 2.00 e. The predicted molar refractivity (Wildman–Crippen MR) is 35.9 cm³/mol. The van der Waals surface area contributed by atoms with Crippen LogP contribution >= 0.6 is 0 Å². The van der Waals surface area contributed by atoms with Crippen LogP contribution in [0.25, 0.3) is 0 Å². The van der Waals surface area contributed by atoms with Crippen molar-refractivity contribution in [1.29, 1.82) is 0 Å². The predicted octanol–water partition coefficient (Wildman–Crippen LogP) is 2.30. The fourth-order valence-corrected chi connectivity index (χ4v) is 0.663. The molecule has 0 nitrogen and oxygen atoms in total. The third-order valence-corrected chi connectivity index (χ3v) is 1.43. The minimum absolute atomic E-state index is 0. The Morgan fingerprint density at radius 2 is 1.22 bits per heavy atom. The van der Waals surface area contributed by atoms with Gasteiger partial charge in [-0.05, 0) is 25.0 Å². The Balaban J connectivity index is 0.000000640. The van der Waals surface area contributed by atoms with E-state index >= 15 is 0 Å². The molecule has 0 saturated carbocycles. The standard InChI is InChI=1S/C8H10.V/c1-7-5-3-4-6-8(7)2;/h3-6H,1-2H3;/q;+2. The molecular weight excluding hydrogens is 147 g/mol. The van der Waals surface area contributed by atoms with Crippen LogP contribution in [-0.4, -0.2) is 0 Å². The zero-order valence-electron chi connectivity index (χ0n) is 5.76. The summed E-state index contributed by atoms with van der Waals surface area (Å²) in [5.74, 6) is 0.